The van der Waals surface area contributed by atoms with Crippen molar-refractivity contribution in [3.8, 4) is 0 Å². The van der Waals surface area contributed by atoms with Crippen molar-refractivity contribution in [3.05, 3.63) is 0 Å². The Morgan fingerprint density at radius 1 is 1.80 bits per heavy atom. The van der Waals surface area contributed by atoms with Crippen LogP contribution < -0.4 is 9.92 Å². The van der Waals surface area contributed by atoms with Crippen molar-refractivity contribution in [1.82, 2.24) is 0 Å². The Kier molecular flexibility index (Phi) is 69.7. The minimum atomic E-state index is -0.500. The number of nitrogens with two attached hydrogens (primary N) is 1. The second-order valence-corrected chi connectivity index (χ2v) is 0.0962. The molecule has 0 aliphatic heterocycles. The predicted molar refractivity (Wildman–Crippen MR) is 10.3 cm³/mol. The molecule has 0 amide bonds. The number of carboxylic acid groups (broad SMARTS) is 1. The van der Waals surface area contributed by atoms with Crippen LogP contribution in [0.4, 0.5) is 0 Å². The predicted octanol–water partition coefficient (Wildman–Crippen LogP) is -2.23. The SMILES string of the molecule is O=C[O-].[NH2][Ni+]. The summed E-state index contributed by atoms with van der Waals surface area (Å²) in [6, 6.07) is 0. The van der Waals surface area contributed by atoms with E-state index in [1.807, 2.05) is 0 Å². The van der Waals surface area contributed by atoms with Gasteiger partial charge >= 0.3 is 20.5 Å². The molecule has 0 aliphatic rings. The molecule has 4 heteroatoms. The maximum atomic E-state index is 8.25. The van der Waals surface area contributed by atoms with Gasteiger partial charge in [-0.05, 0) is 0 Å². The van der Waals surface area contributed by atoms with E-state index in [0.717, 1.165) is 0 Å². The summed E-state index contributed by atoms with van der Waals surface area (Å²) in [5.74, 6) is 0. The maximum absolute atomic E-state index is 8.25. The Morgan fingerprint density at radius 2 is 1.80 bits per heavy atom. The van der Waals surface area contributed by atoms with E-state index in [1.165, 1.54) is 0 Å². The van der Waals surface area contributed by atoms with Gasteiger partial charge in [-0.2, -0.15) is 0 Å². The zero-order valence-electron chi connectivity index (χ0n) is 2.29. The Labute approximate surface area is 37.7 Å². The molecular weight excluding hydrogens is 117 g/mol. The summed E-state index contributed by atoms with van der Waals surface area (Å²) in [5.41, 5.74) is 0. The van der Waals surface area contributed by atoms with E-state index in [4.69, 9.17) is 9.90 Å². The molecule has 0 saturated heterocycles. The number of hydrogen-bond donors (Lipinski definition) is 1. The van der Waals surface area contributed by atoms with Crippen LogP contribution >= 0.6 is 0 Å². The number of carbonyl (C=O) groups is 1. The van der Waals surface area contributed by atoms with Gasteiger partial charge in [0.15, 0.2) is 0 Å². The van der Waals surface area contributed by atoms with Gasteiger partial charge in [-0.15, -0.1) is 0 Å². The van der Waals surface area contributed by atoms with Gasteiger partial charge in [0.2, 0.25) is 0 Å². The van der Waals surface area contributed by atoms with Crippen molar-refractivity contribution >= 4 is 6.47 Å². The van der Waals surface area contributed by atoms with Crippen molar-refractivity contribution in [1.29, 1.82) is 0 Å². The van der Waals surface area contributed by atoms with Gasteiger partial charge in [0.1, 0.15) is 0 Å². The van der Waals surface area contributed by atoms with Crippen molar-refractivity contribution < 1.29 is 25.6 Å². The summed E-state index contributed by atoms with van der Waals surface area (Å²) in [4.78, 5) is 12.4. The van der Waals surface area contributed by atoms with Crippen LogP contribution in [-0.2, 0) is 20.5 Å². The molecule has 34 valence electrons. The van der Waals surface area contributed by atoms with Gasteiger partial charge in [-0.1, -0.05) is 0 Å². The topological polar surface area (TPSA) is 66.1 Å². The van der Waals surface area contributed by atoms with Gasteiger partial charge in [-0.3, -0.25) is 0 Å². The minimum absolute atomic E-state index is 0.500. The molecule has 0 aliphatic carbocycles. The first kappa shape index (κ1) is 8.87. The van der Waals surface area contributed by atoms with Crippen LogP contribution in [0.25, 0.3) is 0 Å². The summed E-state index contributed by atoms with van der Waals surface area (Å²) >= 11 is 3.38. The molecule has 0 unspecified atom stereocenters. The summed E-state index contributed by atoms with van der Waals surface area (Å²) in [5, 5.41) is 8.25. The van der Waals surface area contributed by atoms with E-state index in [9.17, 15) is 0 Å². The molecule has 0 rings (SSSR count). The standard InChI is InChI=1S/CH2O2.H2N.Ni/c2-1-3;;/h1H,(H,2,3);1H2;/q;-1;+2/p-1. The molecule has 0 heterocycles. The molecule has 0 aromatic rings. The molecule has 0 atom stereocenters. The molecule has 0 spiro atoms. The first-order chi connectivity index (χ1) is 2.41. The molecule has 0 saturated carbocycles. The molecule has 0 fully saturated rings. The Hall–Kier alpha value is -0.0765. The van der Waals surface area contributed by atoms with Crippen LogP contribution in [0.5, 0.6) is 0 Å². The third kappa shape index (κ3) is 2480. The Morgan fingerprint density at radius 3 is 1.80 bits per heavy atom. The summed E-state index contributed by atoms with van der Waals surface area (Å²) in [7, 11) is 0. The molecular formula is CH3NNiO2. The first-order valence-electron chi connectivity index (χ1n) is 0.654. The molecule has 5 heavy (non-hydrogen) atoms. The molecule has 0 bridgehead atoms. The van der Waals surface area contributed by atoms with Crippen LogP contribution in [-0.4, -0.2) is 6.47 Å². The fourth-order valence-corrected chi connectivity index (χ4v) is 0. The van der Waals surface area contributed by atoms with Crippen LogP contribution in [0.3, 0.4) is 0 Å². The summed E-state index contributed by atoms with van der Waals surface area (Å²) < 4.78 is 0. The van der Waals surface area contributed by atoms with E-state index in [2.05, 4.69) is 20.5 Å². The van der Waals surface area contributed by atoms with Gasteiger partial charge in [0, 0.05) is 6.47 Å². The number of hydrogen-bond acceptors (Lipinski definition) is 3. The normalized spacial score (nSPS) is 3.80. The zero-order valence-corrected chi connectivity index (χ0v) is 3.28. The van der Waals surface area contributed by atoms with Crippen LogP contribution in [0.1, 0.15) is 0 Å². The quantitative estimate of drug-likeness (QED) is 0.290. The van der Waals surface area contributed by atoms with Crippen LogP contribution in [0.15, 0.2) is 0 Å². The van der Waals surface area contributed by atoms with Crippen LogP contribution in [0.2, 0.25) is 0 Å². The second-order valence-electron chi connectivity index (χ2n) is 0.0962. The van der Waals surface area contributed by atoms with Crippen LogP contribution in [0, 0.1) is 0 Å². The number of rotatable bonds is 0. The average molecular weight is 120 g/mol. The van der Waals surface area contributed by atoms with Crippen molar-refractivity contribution in [3.63, 3.8) is 0 Å². The van der Waals surface area contributed by atoms with E-state index in [0.29, 0.717) is 0 Å². The number of carbonyl (C=O) groups excluding carboxylic acids is 1. The third-order valence-corrected chi connectivity index (χ3v) is 0. The zero-order chi connectivity index (χ0) is 4.71. The average Bonchev–Trinajstić information content (AvgIpc) is 1.46. The van der Waals surface area contributed by atoms with E-state index >= 15 is 0 Å². The fraction of sp³-hybridized carbons (Fsp3) is 0. The van der Waals surface area contributed by atoms with Gasteiger partial charge < -0.3 is 9.90 Å². The second kappa shape index (κ2) is 39.3. The van der Waals surface area contributed by atoms with Gasteiger partial charge in [0.25, 0.3) is 0 Å². The van der Waals surface area contributed by atoms with Crippen molar-refractivity contribution in [2.45, 2.75) is 0 Å². The molecule has 2 N–H and O–H groups in total. The monoisotopic (exact) mass is 119 g/mol. The van der Waals surface area contributed by atoms with Gasteiger partial charge in [0.05, 0.1) is 0 Å². The van der Waals surface area contributed by atoms with Crippen molar-refractivity contribution in [2.24, 2.45) is 4.81 Å². The van der Waals surface area contributed by atoms with Gasteiger partial charge in [-0.25, -0.2) is 0 Å². The Balaban J connectivity index is 0. The summed E-state index contributed by atoms with van der Waals surface area (Å²) in [6.45, 7) is -0.500. The Bertz CT molecular complexity index is 17.1. The molecule has 0 aromatic heterocycles. The summed E-state index contributed by atoms with van der Waals surface area (Å²) in [6.07, 6.45) is 0. The fourth-order valence-electron chi connectivity index (χ4n) is 0. The van der Waals surface area contributed by atoms with E-state index < -0.39 is 6.47 Å². The first-order valence-corrected chi connectivity index (χ1v) is 1.22. The third-order valence-electron chi connectivity index (χ3n) is 0. The van der Waals surface area contributed by atoms with E-state index in [-0.39, 0.29) is 0 Å². The molecule has 0 radical (unpaired) electrons. The van der Waals surface area contributed by atoms with Crippen molar-refractivity contribution in [2.75, 3.05) is 0 Å². The molecule has 3 nitrogen and oxygen atoms in total. The molecule has 0 aromatic carbocycles. The van der Waals surface area contributed by atoms with E-state index in [1.54, 1.807) is 0 Å².